The predicted octanol–water partition coefficient (Wildman–Crippen LogP) is 3.12. The van der Waals surface area contributed by atoms with Gasteiger partial charge in [0.25, 0.3) is 0 Å². The van der Waals surface area contributed by atoms with E-state index in [-0.39, 0.29) is 6.10 Å². The van der Waals surface area contributed by atoms with Gasteiger partial charge in [-0.1, -0.05) is 24.8 Å². The Kier molecular flexibility index (Phi) is 2.92. The molecule has 0 bridgehead atoms. The molecule has 0 saturated heterocycles. The van der Waals surface area contributed by atoms with Gasteiger partial charge in [-0.15, -0.1) is 0 Å². The van der Waals surface area contributed by atoms with Gasteiger partial charge in [0.15, 0.2) is 0 Å². The van der Waals surface area contributed by atoms with Crippen LogP contribution in [-0.4, -0.2) is 6.10 Å². The Bertz CT molecular complexity index is 246. The summed E-state index contributed by atoms with van der Waals surface area (Å²) in [7, 11) is 0. The Morgan fingerprint density at radius 1 is 1.25 bits per heavy atom. The molecule has 0 aliphatic rings. The third kappa shape index (κ3) is 2.42. The van der Waals surface area contributed by atoms with Crippen LogP contribution in [0.5, 0.6) is 5.75 Å². The second-order valence-corrected chi connectivity index (χ2v) is 2.94. The maximum atomic E-state index is 5.48. The second kappa shape index (κ2) is 3.96. The summed E-state index contributed by atoms with van der Waals surface area (Å²) in [6.07, 6.45) is 2.05. The van der Waals surface area contributed by atoms with E-state index in [1.165, 1.54) is 0 Å². The highest BCUT2D eigenvalue weighted by Crippen LogP contribution is 2.13. The van der Waals surface area contributed by atoms with Crippen molar-refractivity contribution < 1.29 is 4.74 Å². The Morgan fingerprint density at radius 3 is 2.25 bits per heavy atom. The van der Waals surface area contributed by atoms with E-state index in [4.69, 9.17) is 4.74 Å². The fourth-order valence-corrected chi connectivity index (χ4v) is 0.955. The molecule has 1 aromatic rings. The highest BCUT2D eigenvalue weighted by atomic mass is 16.5. The fraction of sp³-hybridized carbons (Fsp3) is 0.273. The van der Waals surface area contributed by atoms with Crippen LogP contribution in [0.2, 0.25) is 0 Å². The van der Waals surface area contributed by atoms with Crippen molar-refractivity contribution in [3.63, 3.8) is 0 Å². The van der Waals surface area contributed by atoms with Gasteiger partial charge in [-0.2, -0.15) is 0 Å². The van der Waals surface area contributed by atoms with Gasteiger partial charge >= 0.3 is 0 Å². The molecule has 0 aliphatic heterocycles. The summed E-state index contributed by atoms with van der Waals surface area (Å²) < 4.78 is 5.48. The summed E-state index contributed by atoms with van der Waals surface area (Å²) in [6, 6.07) is 7.89. The van der Waals surface area contributed by atoms with E-state index >= 15 is 0 Å². The lowest BCUT2D eigenvalue weighted by atomic mass is 10.2. The molecule has 0 N–H and O–H groups in total. The van der Waals surface area contributed by atoms with Crippen LogP contribution >= 0.6 is 0 Å². The monoisotopic (exact) mass is 162 g/mol. The third-order valence-corrected chi connectivity index (χ3v) is 1.49. The van der Waals surface area contributed by atoms with Gasteiger partial charge in [-0.3, -0.25) is 0 Å². The summed E-state index contributed by atoms with van der Waals surface area (Å²) >= 11 is 0. The number of hydrogen-bond donors (Lipinski definition) is 0. The minimum absolute atomic E-state index is 0.236. The van der Waals surface area contributed by atoms with E-state index in [0.717, 1.165) is 11.3 Å². The molecule has 0 radical (unpaired) electrons. The molecule has 0 heterocycles. The SMILES string of the molecule is C=Cc1ccc(OC(C)C)cc1. The van der Waals surface area contributed by atoms with Crippen molar-refractivity contribution in [2.45, 2.75) is 20.0 Å². The van der Waals surface area contributed by atoms with Crippen molar-refractivity contribution in [3.8, 4) is 5.75 Å². The number of ether oxygens (including phenoxy) is 1. The molecular weight excluding hydrogens is 148 g/mol. The predicted molar refractivity (Wildman–Crippen MR) is 52.3 cm³/mol. The van der Waals surface area contributed by atoms with Crippen molar-refractivity contribution in [2.75, 3.05) is 0 Å². The largest absolute Gasteiger partial charge is 0.491 e. The van der Waals surface area contributed by atoms with E-state index in [2.05, 4.69) is 6.58 Å². The number of hydrogen-bond acceptors (Lipinski definition) is 1. The molecule has 64 valence electrons. The Balaban J connectivity index is 2.71. The first-order valence-corrected chi connectivity index (χ1v) is 4.11. The molecule has 1 nitrogen and oxygen atoms in total. The average Bonchev–Trinajstić information content (AvgIpc) is 2.05. The zero-order chi connectivity index (χ0) is 8.97. The van der Waals surface area contributed by atoms with E-state index in [9.17, 15) is 0 Å². The first-order chi connectivity index (χ1) is 5.72. The van der Waals surface area contributed by atoms with Crippen molar-refractivity contribution in [1.29, 1.82) is 0 Å². The van der Waals surface area contributed by atoms with Crippen LogP contribution in [0.1, 0.15) is 19.4 Å². The highest BCUT2D eigenvalue weighted by molar-refractivity contribution is 5.48. The molecule has 0 atom stereocenters. The highest BCUT2D eigenvalue weighted by Gasteiger charge is 1.95. The number of benzene rings is 1. The molecule has 1 rings (SSSR count). The van der Waals surface area contributed by atoms with Crippen LogP contribution in [0.15, 0.2) is 30.8 Å². The molecule has 0 amide bonds. The average molecular weight is 162 g/mol. The maximum absolute atomic E-state index is 5.48. The summed E-state index contributed by atoms with van der Waals surface area (Å²) in [5.41, 5.74) is 1.12. The van der Waals surface area contributed by atoms with E-state index < -0.39 is 0 Å². The minimum Gasteiger partial charge on any atom is -0.491 e. The Morgan fingerprint density at radius 2 is 1.83 bits per heavy atom. The molecule has 12 heavy (non-hydrogen) atoms. The molecule has 1 aromatic carbocycles. The van der Waals surface area contributed by atoms with Gasteiger partial charge < -0.3 is 4.74 Å². The first-order valence-electron chi connectivity index (χ1n) is 4.11. The normalized spacial score (nSPS) is 9.92. The molecular formula is C11H14O. The van der Waals surface area contributed by atoms with Gasteiger partial charge in [0.05, 0.1) is 6.10 Å². The summed E-state index contributed by atoms with van der Waals surface area (Å²) in [5.74, 6) is 0.913. The van der Waals surface area contributed by atoms with Crippen molar-refractivity contribution in [1.82, 2.24) is 0 Å². The fourth-order valence-electron chi connectivity index (χ4n) is 0.955. The Labute approximate surface area is 73.7 Å². The second-order valence-electron chi connectivity index (χ2n) is 2.94. The zero-order valence-corrected chi connectivity index (χ0v) is 7.58. The molecule has 0 spiro atoms. The van der Waals surface area contributed by atoms with Gasteiger partial charge in [0.2, 0.25) is 0 Å². The minimum atomic E-state index is 0.236. The van der Waals surface area contributed by atoms with E-state index in [0.29, 0.717) is 0 Å². The quantitative estimate of drug-likeness (QED) is 0.663. The van der Waals surface area contributed by atoms with Gasteiger partial charge in [-0.05, 0) is 31.5 Å². The van der Waals surface area contributed by atoms with Crippen LogP contribution in [0, 0.1) is 0 Å². The van der Waals surface area contributed by atoms with Crippen LogP contribution in [0.4, 0.5) is 0 Å². The zero-order valence-electron chi connectivity index (χ0n) is 7.58. The molecule has 0 aromatic heterocycles. The van der Waals surface area contributed by atoms with Crippen molar-refractivity contribution in [2.24, 2.45) is 0 Å². The van der Waals surface area contributed by atoms with Crippen LogP contribution in [0.25, 0.3) is 6.08 Å². The summed E-state index contributed by atoms with van der Waals surface area (Å²) in [5, 5.41) is 0. The van der Waals surface area contributed by atoms with Gasteiger partial charge in [0, 0.05) is 0 Å². The lowest BCUT2D eigenvalue weighted by Crippen LogP contribution is -2.05. The maximum Gasteiger partial charge on any atom is 0.119 e. The Hall–Kier alpha value is -1.24. The van der Waals surface area contributed by atoms with Crippen LogP contribution in [-0.2, 0) is 0 Å². The van der Waals surface area contributed by atoms with Crippen LogP contribution in [0.3, 0.4) is 0 Å². The third-order valence-electron chi connectivity index (χ3n) is 1.49. The molecule has 0 aliphatic carbocycles. The molecule has 1 heteroatoms. The first kappa shape index (κ1) is 8.85. The number of rotatable bonds is 3. The van der Waals surface area contributed by atoms with Crippen LogP contribution < -0.4 is 4.74 Å². The van der Waals surface area contributed by atoms with Crippen molar-refractivity contribution in [3.05, 3.63) is 36.4 Å². The van der Waals surface area contributed by atoms with Crippen molar-refractivity contribution >= 4 is 6.08 Å². The topological polar surface area (TPSA) is 9.23 Å². The summed E-state index contributed by atoms with van der Waals surface area (Å²) in [6.45, 7) is 7.71. The molecule has 0 saturated carbocycles. The molecule has 0 unspecified atom stereocenters. The van der Waals surface area contributed by atoms with Gasteiger partial charge in [0.1, 0.15) is 5.75 Å². The summed E-state index contributed by atoms with van der Waals surface area (Å²) in [4.78, 5) is 0. The van der Waals surface area contributed by atoms with E-state index in [1.807, 2.05) is 44.2 Å². The van der Waals surface area contributed by atoms with Gasteiger partial charge in [-0.25, -0.2) is 0 Å². The van der Waals surface area contributed by atoms with E-state index in [1.54, 1.807) is 0 Å². The molecule has 0 fully saturated rings. The lowest BCUT2D eigenvalue weighted by Gasteiger charge is -2.08. The lowest BCUT2D eigenvalue weighted by molar-refractivity contribution is 0.242. The smallest absolute Gasteiger partial charge is 0.119 e. The standard InChI is InChI=1S/C11H14O/c1-4-10-5-7-11(8-6-10)12-9(2)3/h4-9H,1H2,2-3H3.